The summed E-state index contributed by atoms with van der Waals surface area (Å²) < 4.78 is 0. The molecule has 0 aliphatic carbocycles. The fraction of sp³-hybridized carbons (Fsp3) is 0.719. The third-order valence-corrected chi connectivity index (χ3v) is 8.83. The second-order valence-corrected chi connectivity index (χ2v) is 11.7. The van der Waals surface area contributed by atoms with Gasteiger partial charge in [-0.05, 0) is 53.9 Å². The maximum atomic E-state index is 13.3. The Labute approximate surface area is 244 Å². The third kappa shape index (κ3) is 8.21. The summed E-state index contributed by atoms with van der Waals surface area (Å²) >= 11 is 0. The van der Waals surface area contributed by atoms with Gasteiger partial charge in [-0.1, -0.05) is 40.2 Å². The van der Waals surface area contributed by atoms with E-state index in [1.54, 1.807) is 13.3 Å². The van der Waals surface area contributed by atoms with E-state index in [4.69, 9.17) is 9.97 Å². The van der Waals surface area contributed by atoms with Crippen LogP contribution >= 0.6 is 0 Å². The number of ketones is 1. The van der Waals surface area contributed by atoms with Crippen LogP contribution in [0.5, 0.6) is 0 Å². The minimum Gasteiger partial charge on any atom is -0.340 e. The maximum Gasteiger partial charge on any atom is 0.225 e. The average Bonchev–Trinajstić information content (AvgIpc) is 2.97. The molecule has 1 aromatic heterocycles. The fourth-order valence-electron chi connectivity index (χ4n) is 5.26. The van der Waals surface area contributed by atoms with E-state index in [0.717, 1.165) is 77.3 Å². The van der Waals surface area contributed by atoms with Crippen LogP contribution in [0.25, 0.3) is 0 Å². The van der Waals surface area contributed by atoms with Crippen molar-refractivity contribution in [2.24, 2.45) is 15.4 Å². The van der Waals surface area contributed by atoms with Crippen LogP contribution < -0.4 is 4.90 Å². The molecule has 0 N–H and O–H groups in total. The lowest BCUT2D eigenvalue weighted by atomic mass is 9.76. The van der Waals surface area contributed by atoms with Crippen LogP contribution in [-0.2, 0) is 17.8 Å². The van der Waals surface area contributed by atoms with Gasteiger partial charge in [0, 0.05) is 87.2 Å². The zero-order valence-electron chi connectivity index (χ0n) is 27.0. The number of carbonyl (C=O) groups excluding carboxylic acids is 1. The van der Waals surface area contributed by atoms with Crippen molar-refractivity contribution in [1.82, 2.24) is 19.8 Å². The Kier molecular flexibility index (Phi) is 12.9. The molecule has 40 heavy (non-hydrogen) atoms. The molecule has 0 radical (unpaired) electrons. The second kappa shape index (κ2) is 15.4. The summed E-state index contributed by atoms with van der Waals surface area (Å²) in [6.07, 6.45) is 10.3. The number of hydrogen-bond acceptors (Lipinski definition) is 6. The predicted molar refractivity (Wildman–Crippen MR) is 170 cm³/mol. The molecule has 0 spiro atoms. The minimum atomic E-state index is -0.364. The molecule has 8 nitrogen and oxygen atoms in total. The molecule has 1 aromatic rings. The highest BCUT2D eigenvalue weighted by molar-refractivity contribution is 6.17. The van der Waals surface area contributed by atoms with Crippen LogP contribution in [0.3, 0.4) is 0 Å². The smallest absolute Gasteiger partial charge is 0.225 e. The van der Waals surface area contributed by atoms with E-state index in [9.17, 15) is 4.79 Å². The molecule has 0 saturated heterocycles. The summed E-state index contributed by atoms with van der Waals surface area (Å²) in [4.78, 5) is 39.1. The Hall–Kier alpha value is -2.61. The molecule has 1 aliphatic rings. The van der Waals surface area contributed by atoms with Crippen molar-refractivity contribution >= 4 is 23.9 Å². The highest BCUT2D eigenvalue weighted by Gasteiger charge is 2.32. The summed E-state index contributed by atoms with van der Waals surface area (Å²) in [5.41, 5.74) is 2.88. The molecule has 0 saturated carbocycles. The van der Waals surface area contributed by atoms with Gasteiger partial charge in [-0.25, -0.2) is 15.0 Å². The number of likely N-dealkylation sites (N-methyl/N-ethyl adjacent to an activating group) is 2. The fourth-order valence-corrected chi connectivity index (χ4v) is 5.26. The third-order valence-electron chi connectivity index (χ3n) is 8.83. The summed E-state index contributed by atoms with van der Waals surface area (Å²) in [7, 11) is 1.76. The van der Waals surface area contributed by atoms with Crippen LogP contribution in [0, 0.1) is 5.41 Å². The molecule has 2 heterocycles. The van der Waals surface area contributed by atoms with E-state index >= 15 is 0 Å². The number of carbonyl (C=O) groups is 1. The van der Waals surface area contributed by atoms with Crippen molar-refractivity contribution in [3.8, 4) is 0 Å². The molecule has 0 fully saturated rings. The lowest BCUT2D eigenvalue weighted by Crippen LogP contribution is -2.46. The zero-order chi connectivity index (χ0) is 29.9. The molecule has 1 unspecified atom stereocenters. The van der Waals surface area contributed by atoms with Gasteiger partial charge >= 0.3 is 0 Å². The van der Waals surface area contributed by atoms with E-state index in [0.29, 0.717) is 11.5 Å². The van der Waals surface area contributed by atoms with Gasteiger partial charge in [0.25, 0.3) is 0 Å². The second-order valence-electron chi connectivity index (χ2n) is 11.7. The van der Waals surface area contributed by atoms with Crippen molar-refractivity contribution < 1.29 is 4.79 Å². The van der Waals surface area contributed by atoms with Gasteiger partial charge in [0.2, 0.25) is 11.9 Å². The van der Waals surface area contributed by atoms with Gasteiger partial charge in [-0.15, -0.1) is 0 Å². The van der Waals surface area contributed by atoms with Crippen molar-refractivity contribution in [1.29, 1.82) is 0 Å². The number of fused-ring (bicyclic) bond motifs is 1. The molecule has 0 amide bonds. The molecule has 1 atom stereocenters. The normalized spacial score (nSPS) is 16.6. The first kappa shape index (κ1) is 33.6. The molecular formula is C32H55N7O. The van der Waals surface area contributed by atoms with Crippen molar-refractivity contribution in [2.75, 3.05) is 44.7 Å². The molecule has 1 aliphatic heterocycles. The molecular weight excluding hydrogens is 498 g/mol. The average molecular weight is 554 g/mol. The Morgan fingerprint density at radius 3 is 2.38 bits per heavy atom. The van der Waals surface area contributed by atoms with E-state index in [1.165, 1.54) is 11.3 Å². The molecule has 0 bridgehead atoms. The van der Waals surface area contributed by atoms with Crippen LogP contribution in [-0.4, -0.2) is 83.0 Å². The Morgan fingerprint density at radius 1 is 1.10 bits per heavy atom. The predicted octanol–water partition coefficient (Wildman–Crippen LogP) is 5.96. The van der Waals surface area contributed by atoms with Crippen molar-refractivity contribution in [3.05, 3.63) is 29.1 Å². The number of rotatable bonds is 14. The summed E-state index contributed by atoms with van der Waals surface area (Å²) in [6.45, 7) is 24.3. The van der Waals surface area contributed by atoms with Crippen LogP contribution in [0.2, 0.25) is 0 Å². The van der Waals surface area contributed by atoms with Crippen molar-refractivity contribution in [2.45, 2.75) is 107 Å². The Balaban J connectivity index is 2.12. The number of anilines is 1. The Bertz CT molecular complexity index is 1060. The van der Waals surface area contributed by atoms with Crippen molar-refractivity contribution in [3.63, 3.8) is 0 Å². The van der Waals surface area contributed by atoms with E-state index in [-0.39, 0.29) is 16.7 Å². The minimum absolute atomic E-state index is 0.157. The highest BCUT2D eigenvalue weighted by atomic mass is 16.1. The number of Topliss-reactive ketones (excluding diaryl/α,β-unsaturated/α-hetero) is 1. The van der Waals surface area contributed by atoms with Gasteiger partial charge < -0.3 is 9.80 Å². The van der Waals surface area contributed by atoms with Gasteiger partial charge in [-0.2, -0.15) is 0 Å². The maximum absolute atomic E-state index is 13.3. The summed E-state index contributed by atoms with van der Waals surface area (Å²) in [5.74, 6) is 1.57. The molecule has 2 rings (SSSR count). The monoisotopic (exact) mass is 553 g/mol. The molecule has 224 valence electrons. The topological polar surface area (TPSA) is 77.3 Å². The molecule has 8 heteroatoms. The van der Waals surface area contributed by atoms with Gasteiger partial charge in [0.1, 0.15) is 0 Å². The quantitative estimate of drug-likeness (QED) is 0.161. The van der Waals surface area contributed by atoms with Crippen LogP contribution in [0.1, 0.15) is 99.3 Å². The lowest BCUT2D eigenvalue weighted by Gasteiger charge is -2.40. The van der Waals surface area contributed by atoms with Gasteiger partial charge in [-0.3, -0.25) is 14.7 Å². The van der Waals surface area contributed by atoms with E-state index in [2.05, 4.69) is 80.1 Å². The van der Waals surface area contributed by atoms with Crippen LogP contribution in [0.15, 0.2) is 27.8 Å². The van der Waals surface area contributed by atoms with Gasteiger partial charge in [0.15, 0.2) is 5.78 Å². The number of allylic oxidation sites excluding steroid dienone is 2. The number of aromatic nitrogens is 2. The zero-order valence-corrected chi connectivity index (χ0v) is 27.0. The van der Waals surface area contributed by atoms with Crippen LogP contribution in [0.4, 0.5) is 5.95 Å². The van der Waals surface area contributed by atoms with Gasteiger partial charge in [0.05, 0.1) is 5.69 Å². The highest BCUT2D eigenvalue weighted by Crippen LogP contribution is 2.31. The van der Waals surface area contributed by atoms with E-state index < -0.39 is 0 Å². The molecule has 0 aromatic carbocycles. The standard InChI is InChI=1S/C32H55N7O/c1-11-18-32(9,14-4)28(40)25(12-2)22-34-29(33-10)37(15-5)20-21-38(16-6)30-35-23-26-24-39(31(7,8)13-3)19-17-27(26)36-30/h12,22-23H,11,13-21,24H2,1-10H3/b25-12+,33-29+,34-22-. The van der Waals surface area contributed by atoms with E-state index in [1.807, 2.05) is 19.2 Å². The largest absolute Gasteiger partial charge is 0.340 e. The Morgan fingerprint density at radius 2 is 1.82 bits per heavy atom. The number of hydrogen-bond donors (Lipinski definition) is 0. The first-order valence-electron chi connectivity index (χ1n) is 15.4. The first-order chi connectivity index (χ1) is 19.0. The SMILES string of the molecule is C\C=C(/C=N\C(=N/C)N(CC)CCN(CC)c1ncc2c(n1)CCN(C(C)(C)CC)C2)C(=O)C(C)(CC)CCC. The summed E-state index contributed by atoms with van der Waals surface area (Å²) in [6, 6.07) is 0. The summed E-state index contributed by atoms with van der Waals surface area (Å²) in [5, 5.41) is 0. The number of nitrogens with zero attached hydrogens (tertiary/aromatic N) is 7. The first-order valence-corrected chi connectivity index (χ1v) is 15.4. The number of guanidine groups is 1. The lowest BCUT2D eigenvalue weighted by molar-refractivity contribution is -0.124. The number of aliphatic imine (C=N–C) groups is 2.